The van der Waals surface area contributed by atoms with E-state index in [0.29, 0.717) is 6.54 Å². The molecule has 0 saturated carbocycles. The Morgan fingerprint density at radius 1 is 0.944 bits per heavy atom. The van der Waals surface area contributed by atoms with E-state index in [1.165, 1.54) is 5.56 Å². The monoisotopic (exact) mass is 239 g/mol. The van der Waals surface area contributed by atoms with E-state index in [-0.39, 0.29) is 6.04 Å². The Morgan fingerprint density at radius 3 is 2.22 bits per heavy atom. The Labute approximate surface area is 107 Å². The van der Waals surface area contributed by atoms with Gasteiger partial charge in [0.1, 0.15) is 5.60 Å². The minimum atomic E-state index is -0.748. The fraction of sp³-hybridized carbons (Fsp3) is 0.250. The first-order valence-electron chi connectivity index (χ1n) is 6.34. The average molecular weight is 239 g/mol. The quantitative estimate of drug-likeness (QED) is 0.844. The van der Waals surface area contributed by atoms with Gasteiger partial charge in [-0.1, -0.05) is 60.7 Å². The molecule has 2 nitrogen and oxygen atoms in total. The SMILES string of the molecule is O[C@@]1(c2ccccc2)CN[C@H](c2ccccc2)C1. The van der Waals surface area contributed by atoms with Crippen LogP contribution in [0.3, 0.4) is 0 Å². The second-order valence-corrected chi connectivity index (χ2v) is 4.95. The molecule has 2 aromatic rings. The van der Waals surface area contributed by atoms with E-state index in [4.69, 9.17) is 0 Å². The van der Waals surface area contributed by atoms with Crippen molar-refractivity contribution in [1.82, 2.24) is 5.32 Å². The molecule has 0 aliphatic carbocycles. The van der Waals surface area contributed by atoms with Crippen LogP contribution in [0.2, 0.25) is 0 Å². The van der Waals surface area contributed by atoms with Gasteiger partial charge < -0.3 is 10.4 Å². The fourth-order valence-electron chi connectivity index (χ4n) is 2.66. The average Bonchev–Trinajstić information content (AvgIpc) is 2.85. The van der Waals surface area contributed by atoms with E-state index in [0.717, 1.165) is 12.0 Å². The van der Waals surface area contributed by atoms with Crippen molar-refractivity contribution >= 4 is 0 Å². The van der Waals surface area contributed by atoms with Crippen LogP contribution in [0.15, 0.2) is 60.7 Å². The van der Waals surface area contributed by atoms with Crippen LogP contribution in [-0.4, -0.2) is 11.7 Å². The van der Waals surface area contributed by atoms with Crippen molar-refractivity contribution in [1.29, 1.82) is 0 Å². The molecule has 0 amide bonds. The maximum Gasteiger partial charge on any atom is 0.104 e. The number of nitrogens with one attached hydrogen (secondary N) is 1. The molecule has 18 heavy (non-hydrogen) atoms. The first-order chi connectivity index (χ1) is 8.78. The Hall–Kier alpha value is -1.64. The summed E-state index contributed by atoms with van der Waals surface area (Å²) in [5, 5.41) is 14.1. The third kappa shape index (κ3) is 2.05. The van der Waals surface area contributed by atoms with Gasteiger partial charge in [0.05, 0.1) is 0 Å². The topological polar surface area (TPSA) is 32.3 Å². The van der Waals surface area contributed by atoms with Gasteiger partial charge in [0, 0.05) is 19.0 Å². The highest BCUT2D eigenvalue weighted by Gasteiger charge is 2.38. The molecule has 2 heteroatoms. The Balaban J connectivity index is 1.83. The lowest BCUT2D eigenvalue weighted by molar-refractivity contribution is 0.0559. The third-order valence-corrected chi connectivity index (χ3v) is 3.70. The molecular weight excluding hydrogens is 222 g/mol. The molecule has 1 aliphatic heterocycles. The largest absolute Gasteiger partial charge is 0.384 e. The first-order valence-corrected chi connectivity index (χ1v) is 6.34. The number of rotatable bonds is 2. The van der Waals surface area contributed by atoms with Crippen molar-refractivity contribution in [3.8, 4) is 0 Å². The maximum atomic E-state index is 10.7. The van der Waals surface area contributed by atoms with Crippen molar-refractivity contribution < 1.29 is 5.11 Å². The normalized spacial score (nSPS) is 27.3. The van der Waals surface area contributed by atoms with Crippen LogP contribution >= 0.6 is 0 Å². The van der Waals surface area contributed by atoms with Gasteiger partial charge >= 0.3 is 0 Å². The Morgan fingerprint density at radius 2 is 1.56 bits per heavy atom. The van der Waals surface area contributed by atoms with Crippen molar-refractivity contribution in [2.45, 2.75) is 18.1 Å². The predicted molar refractivity (Wildman–Crippen MR) is 72.1 cm³/mol. The van der Waals surface area contributed by atoms with Crippen LogP contribution in [0.4, 0.5) is 0 Å². The zero-order valence-corrected chi connectivity index (χ0v) is 10.2. The van der Waals surface area contributed by atoms with Gasteiger partial charge in [0.15, 0.2) is 0 Å². The third-order valence-electron chi connectivity index (χ3n) is 3.70. The number of aliphatic hydroxyl groups is 1. The summed E-state index contributed by atoms with van der Waals surface area (Å²) in [6.45, 7) is 0.608. The van der Waals surface area contributed by atoms with Crippen molar-refractivity contribution in [3.05, 3.63) is 71.8 Å². The van der Waals surface area contributed by atoms with Crippen LogP contribution in [0.5, 0.6) is 0 Å². The number of hydrogen-bond acceptors (Lipinski definition) is 2. The van der Waals surface area contributed by atoms with Crippen molar-refractivity contribution in [2.75, 3.05) is 6.54 Å². The fourth-order valence-corrected chi connectivity index (χ4v) is 2.66. The summed E-state index contributed by atoms with van der Waals surface area (Å²) in [5.41, 5.74) is 1.49. The van der Waals surface area contributed by atoms with Crippen LogP contribution in [0, 0.1) is 0 Å². The predicted octanol–water partition coefficient (Wildman–Crippen LogP) is 2.61. The molecule has 1 aliphatic rings. The minimum absolute atomic E-state index is 0.233. The lowest BCUT2D eigenvalue weighted by Crippen LogP contribution is -2.28. The summed E-state index contributed by atoms with van der Waals surface area (Å²) in [4.78, 5) is 0. The number of benzene rings is 2. The maximum absolute atomic E-state index is 10.7. The molecule has 92 valence electrons. The molecule has 1 saturated heterocycles. The van der Waals surface area contributed by atoms with E-state index in [9.17, 15) is 5.11 Å². The van der Waals surface area contributed by atoms with Gasteiger partial charge in [-0.15, -0.1) is 0 Å². The summed E-state index contributed by atoms with van der Waals surface area (Å²) in [6.07, 6.45) is 0.723. The van der Waals surface area contributed by atoms with Crippen LogP contribution in [0.25, 0.3) is 0 Å². The molecule has 0 spiro atoms. The van der Waals surface area contributed by atoms with Gasteiger partial charge in [0.25, 0.3) is 0 Å². The highest BCUT2D eigenvalue weighted by molar-refractivity contribution is 5.28. The molecular formula is C16H17NO. The summed E-state index contributed by atoms with van der Waals surface area (Å²) in [6, 6.07) is 20.5. The van der Waals surface area contributed by atoms with E-state index in [2.05, 4.69) is 17.4 Å². The summed E-state index contributed by atoms with van der Waals surface area (Å²) < 4.78 is 0. The molecule has 3 rings (SSSR count). The van der Waals surface area contributed by atoms with Gasteiger partial charge in [-0.2, -0.15) is 0 Å². The molecule has 0 aromatic heterocycles. The van der Waals surface area contributed by atoms with E-state index < -0.39 is 5.60 Å². The van der Waals surface area contributed by atoms with Crippen LogP contribution < -0.4 is 5.32 Å². The number of β-amino-alcohol motifs (C(OH)–C–C–N with tert-alkyl or cyclic N) is 1. The van der Waals surface area contributed by atoms with Crippen molar-refractivity contribution in [3.63, 3.8) is 0 Å². The zero-order chi connectivity index (χ0) is 12.4. The van der Waals surface area contributed by atoms with Gasteiger partial charge in [0.2, 0.25) is 0 Å². The van der Waals surface area contributed by atoms with Gasteiger partial charge in [-0.05, 0) is 11.1 Å². The summed E-state index contributed by atoms with van der Waals surface area (Å²) in [7, 11) is 0. The molecule has 0 unspecified atom stereocenters. The highest BCUT2D eigenvalue weighted by Crippen LogP contribution is 2.36. The zero-order valence-electron chi connectivity index (χ0n) is 10.2. The van der Waals surface area contributed by atoms with Gasteiger partial charge in [-0.3, -0.25) is 0 Å². The first kappa shape index (κ1) is 11.5. The Kier molecular flexibility index (Phi) is 2.90. The lowest BCUT2D eigenvalue weighted by Gasteiger charge is -2.22. The molecule has 2 N–H and O–H groups in total. The highest BCUT2D eigenvalue weighted by atomic mass is 16.3. The Bertz CT molecular complexity index is 511. The van der Waals surface area contributed by atoms with Gasteiger partial charge in [-0.25, -0.2) is 0 Å². The van der Waals surface area contributed by atoms with Crippen LogP contribution in [0.1, 0.15) is 23.6 Å². The minimum Gasteiger partial charge on any atom is -0.384 e. The number of hydrogen-bond donors (Lipinski definition) is 2. The molecule has 2 atom stereocenters. The molecule has 0 bridgehead atoms. The standard InChI is InChI=1S/C16H17NO/c18-16(14-9-5-2-6-10-14)11-15(17-12-16)13-7-3-1-4-8-13/h1-10,15,17-18H,11-12H2/t15-,16+/m0/s1. The van der Waals surface area contributed by atoms with Crippen LogP contribution in [-0.2, 0) is 5.60 Å². The second-order valence-electron chi connectivity index (χ2n) is 4.95. The molecule has 1 fully saturated rings. The summed E-state index contributed by atoms with van der Waals surface area (Å²) in [5.74, 6) is 0. The lowest BCUT2D eigenvalue weighted by atomic mass is 9.89. The molecule has 2 aromatic carbocycles. The van der Waals surface area contributed by atoms with E-state index >= 15 is 0 Å². The molecule has 1 heterocycles. The van der Waals surface area contributed by atoms with E-state index in [1.54, 1.807) is 0 Å². The second kappa shape index (κ2) is 4.56. The van der Waals surface area contributed by atoms with E-state index in [1.807, 2.05) is 48.5 Å². The smallest absolute Gasteiger partial charge is 0.104 e. The summed E-state index contributed by atoms with van der Waals surface area (Å²) >= 11 is 0. The molecule has 0 radical (unpaired) electrons. The van der Waals surface area contributed by atoms with Crippen molar-refractivity contribution in [2.24, 2.45) is 0 Å².